The van der Waals surface area contributed by atoms with E-state index in [0.717, 1.165) is 0 Å². The molecule has 2 aromatic carbocycles. The van der Waals surface area contributed by atoms with Crippen LogP contribution in [-0.2, 0) is 4.79 Å². The third-order valence-corrected chi connectivity index (χ3v) is 3.81. The molecular weight excluding hydrogens is 338 g/mol. The van der Waals surface area contributed by atoms with Gasteiger partial charge in [-0.3, -0.25) is 9.59 Å². The number of hydrogen-bond acceptors (Lipinski definition) is 6. The van der Waals surface area contributed by atoms with Gasteiger partial charge in [-0.25, -0.2) is 4.79 Å². The van der Waals surface area contributed by atoms with Gasteiger partial charge in [0.05, 0.1) is 12.2 Å². The molecule has 0 aliphatic rings. The fraction of sp³-hybridized carbons (Fsp3) is 0.0556. The number of nitrogens with two attached hydrogens (primary N) is 2. The van der Waals surface area contributed by atoms with Crippen molar-refractivity contribution in [1.29, 1.82) is 0 Å². The summed E-state index contributed by atoms with van der Waals surface area (Å²) >= 11 is 0. The average Bonchev–Trinajstić information content (AvgIpc) is 2.60. The van der Waals surface area contributed by atoms with Crippen molar-refractivity contribution in [1.82, 2.24) is 5.32 Å². The van der Waals surface area contributed by atoms with Gasteiger partial charge in [0.1, 0.15) is 16.9 Å². The van der Waals surface area contributed by atoms with Gasteiger partial charge in [0.15, 0.2) is 0 Å². The molecule has 0 fully saturated rings. The van der Waals surface area contributed by atoms with Crippen LogP contribution in [0.15, 0.2) is 51.7 Å². The number of phenols is 1. The lowest BCUT2D eigenvalue weighted by atomic mass is 10.0. The van der Waals surface area contributed by atoms with Gasteiger partial charge in [0, 0.05) is 10.9 Å². The fourth-order valence-electron chi connectivity index (χ4n) is 2.58. The highest BCUT2D eigenvalue weighted by atomic mass is 16.4. The second-order valence-electron chi connectivity index (χ2n) is 5.56. The topological polar surface area (TPSA) is 149 Å². The Morgan fingerprint density at radius 2 is 1.88 bits per heavy atom. The summed E-state index contributed by atoms with van der Waals surface area (Å²) in [4.78, 5) is 35.0. The van der Waals surface area contributed by atoms with Gasteiger partial charge in [0.2, 0.25) is 5.91 Å². The summed E-state index contributed by atoms with van der Waals surface area (Å²) in [5.41, 5.74) is 10.9. The maximum absolute atomic E-state index is 12.2. The molecule has 0 radical (unpaired) electrons. The number of carbonyl (C=O) groups is 2. The van der Waals surface area contributed by atoms with Crippen LogP contribution in [0.25, 0.3) is 22.1 Å². The second-order valence-corrected chi connectivity index (χ2v) is 5.56. The third-order valence-electron chi connectivity index (χ3n) is 3.81. The van der Waals surface area contributed by atoms with E-state index in [9.17, 15) is 19.5 Å². The van der Waals surface area contributed by atoms with E-state index in [1.807, 2.05) is 0 Å². The Bertz CT molecular complexity index is 1090. The van der Waals surface area contributed by atoms with Gasteiger partial charge in [-0.1, -0.05) is 24.3 Å². The largest absolute Gasteiger partial charge is 0.507 e. The van der Waals surface area contributed by atoms with E-state index in [-0.39, 0.29) is 17.0 Å². The van der Waals surface area contributed by atoms with Crippen LogP contribution in [0.5, 0.6) is 5.75 Å². The number of rotatable bonds is 4. The van der Waals surface area contributed by atoms with Crippen molar-refractivity contribution in [3.8, 4) is 16.9 Å². The molecule has 2 amide bonds. The van der Waals surface area contributed by atoms with Gasteiger partial charge in [0.25, 0.3) is 5.91 Å². The predicted octanol–water partition coefficient (Wildman–Crippen LogP) is 0.963. The van der Waals surface area contributed by atoms with E-state index in [2.05, 4.69) is 5.32 Å². The van der Waals surface area contributed by atoms with Crippen molar-refractivity contribution in [2.24, 2.45) is 5.73 Å². The van der Waals surface area contributed by atoms with Gasteiger partial charge in [-0.2, -0.15) is 0 Å². The van der Waals surface area contributed by atoms with Gasteiger partial charge < -0.3 is 26.3 Å². The summed E-state index contributed by atoms with van der Waals surface area (Å²) in [6.07, 6.45) is 0. The minimum Gasteiger partial charge on any atom is -0.507 e. The number of hydrogen-bond donors (Lipinski definition) is 4. The maximum atomic E-state index is 12.2. The summed E-state index contributed by atoms with van der Waals surface area (Å²) in [6, 6.07) is 11.5. The highest BCUT2D eigenvalue weighted by Crippen LogP contribution is 2.32. The minimum absolute atomic E-state index is 0.0675. The van der Waals surface area contributed by atoms with Crippen LogP contribution in [0.1, 0.15) is 10.4 Å². The summed E-state index contributed by atoms with van der Waals surface area (Å²) < 4.78 is 5.21. The molecule has 8 nitrogen and oxygen atoms in total. The monoisotopic (exact) mass is 353 g/mol. The fourth-order valence-corrected chi connectivity index (χ4v) is 2.58. The van der Waals surface area contributed by atoms with Crippen LogP contribution in [0.2, 0.25) is 0 Å². The third kappa shape index (κ3) is 3.07. The number of primary amides is 1. The lowest BCUT2D eigenvalue weighted by Gasteiger charge is -2.09. The summed E-state index contributed by atoms with van der Waals surface area (Å²) in [7, 11) is 0. The Balaban J connectivity index is 2.10. The first-order valence-electron chi connectivity index (χ1n) is 7.59. The zero-order valence-corrected chi connectivity index (χ0v) is 13.5. The molecule has 6 N–H and O–H groups in total. The molecule has 8 heteroatoms. The molecule has 0 saturated heterocycles. The molecule has 132 valence electrons. The Labute approximate surface area is 147 Å². The van der Waals surface area contributed by atoms with E-state index in [1.165, 1.54) is 6.07 Å². The van der Waals surface area contributed by atoms with Crippen LogP contribution >= 0.6 is 0 Å². The first-order valence-corrected chi connectivity index (χ1v) is 7.59. The van der Waals surface area contributed by atoms with Crippen LogP contribution in [0.4, 0.5) is 5.69 Å². The van der Waals surface area contributed by atoms with Gasteiger partial charge >= 0.3 is 5.63 Å². The number of amides is 2. The molecular formula is C18H15N3O5. The number of fused-ring (bicyclic) bond motifs is 1. The standard InChI is InChI=1S/C18H15N3O5/c19-14(23)8-21-17(24)15-16(20)11-6-5-9(7-13(11)26-18(15)25)10-3-1-2-4-12(10)22/h1-7,22H,8,20H2,(H2,19,23)(H,21,24). The number of para-hydroxylation sites is 1. The van der Waals surface area contributed by atoms with E-state index >= 15 is 0 Å². The van der Waals surface area contributed by atoms with Crippen LogP contribution in [0, 0.1) is 0 Å². The van der Waals surface area contributed by atoms with E-state index < -0.39 is 29.5 Å². The highest BCUT2D eigenvalue weighted by Gasteiger charge is 2.20. The van der Waals surface area contributed by atoms with E-state index in [4.69, 9.17) is 15.9 Å². The predicted molar refractivity (Wildman–Crippen MR) is 95.5 cm³/mol. The Hall–Kier alpha value is -3.81. The Morgan fingerprint density at radius 1 is 1.15 bits per heavy atom. The van der Waals surface area contributed by atoms with Gasteiger partial charge in [-0.15, -0.1) is 0 Å². The highest BCUT2D eigenvalue weighted by molar-refractivity contribution is 6.06. The molecule has 0 saturated carbocycles. The number of nitrogens with one attached hydrogen (secondary N) is 1. The van der Waals surface area contributed by atoms with Crippen molar-refractivity contribution in [3.05, 3.63) is 58.4 Å². The Kier molecular flexibility index (Phi) is 4.32. The van der Waals surface area contributed by atoms with Crippen molar-refractivity contribution < 1.29 is 19.1 Å². The van der Waals surface area contributed by atoms with E-state index in [1.54, 1.807) is 36.4 Å². The normalized spacial score (nSPS) is 10.6. The molecule has 0 spiro atoms. The molecule has 0 unspecified atom stereocenters. The quantitative estimate of drug-likeness (QED) is 0.513. The van der Waals surface area contributed by atoms with Crippen LogP contribution < -0.4 is 22.4 Å². The van der Waals surface area contributed by atoms with Crippen LogP contribution in [-0.4, -0.2) is 23.5 Å². The maximum Gasteiger partial charge on any atom is 0.351 e. The number of aromatic hydroxyl groups is 1. The molecule has 26 heavy (non-hydrogen) atoms. The van der Waals surface area contributed by atoms with Crippen molar-refractivity contribution in [2.45, 2.75) is 0 Å². The van der Waals surface area contributed by atoms with Crippen molar-refractivity contribution in [2.75, 3.05) is 12.3 Å². The lowest BCUT2D eigenvalue weighted by Crippen LogP contribution is -2.36. The lowest BCUT2D eigenvalue weighted by molar-refractivity contribution is -0.117. The number of anilines is 1. The van der Waals surface area contributed by atoms with E-state index in [0.29, 0.717) is 16.5 Å². The first-order chi connectivity index (χ1) is 12.4. The zero-order chi connectivity index (χ0) is 18.8. The number of nitrogen functional groups attached to an aromatic ring is 1. The van der Waals surface area contributed by atoms with Crippen molar-refractivity contribution >= 4 is 28.5 Å². The Morgan fingerprint density at radius 3 is 2.58 bits per heavy atom. The summed E-state index contributed by atoms with van der Waals surface area (Å²) in [5, 5.41) is 12.5. The molecule has 0 aliphatic carbocycles. The molecule has 0 aliphatic heterocycles. The van der Waals surface area contributed by atoms with Gasteiger partial charge in [-0.05, 0) is 23.8 Å². The number of benzene rings is 2. The zero-order valence-electron chi connectivity index (χ0n) is 13.5. The summed E-state index contributed by atoms with van der Waals surface area (Å²) in [6.45, 7) is -0.429. The van der Waals surface area contributed by atoms with Crippen LogP contribution in [0.3, 0.4) is 0 Å². The number of carbonyl (C=O) groups excluding carboxylic acids is 2. The molecule has 1 aromatic heterocycles. The smallest absolute Gasteiger partial charge is 0.351 e. The second kappa shape index (κ2) is 6.60. The number of phenolic OH excluding ortho intramolecular Hbond substituents is 1. The first kappa shape index (κ1) is 17.0. The average molecular weight is 353 g/mol. The molecule has 0 atom stereocenters. The summed E-state index contributed by atoms with van der Waals surface area (Å²) in [5.74, 6) is -1.53. The SMILES string of the molecule is NC(=O)CNC(=O)c1c(N)c2ccc(-c3ccccc3O)cc2oc1=O. The molecule has 0 bridgehead atoms. The van der Waals surface area contributed by atoms with Crippen molar-refractivity contribution in [3.63, 3.8) is 0 Å². The molecule has 3 rings (SSSR count). The minimum atomic E-state index is -0.939. The molecule has 3 aromatic rings. The molecule has 1 heterocycles.